The molecule has 0 saturated carbocycles. The maximum absolute atomic E-state index is 12.7. The molecule has 33 heavy (non-hydrogen) atoms. The van der Waals surface area contributed by atoms with Crippen LogP contribution in [-0.4, -0.2) is 81.6 Å². The lowest BCUT2D eigenvalue weighted by atomic mass is 10.1. The van der Waals surface area contributed by atoms with E-state index in [-0.39, 0.29) is 6.04 Å². The molecule has 0 unspecified atom stereocenters. The van der Waals surface area contributed by atoms with Crippen LogP contribution in [0, 0.1) is 0 Å². The van der Waals surface area contributed by atoms with Crippen molar-refractivity contribution in [1.29, 1.82) is 0 Å². The van der Waals surface area contributed by atoms with E-state index < -0.39 is 19.8 Å². The first-order valence-electron chi connectivity index (χ1n) is 10.3. The Morgan fingerprint density at radius 2 is 1.73 bits per heavy atom. The summed E-state index contributed by atoms with van der Waals surface area (Å²) in [6.07, 6.45) is -2.28. The molecule has 2 aliphatic rings. The topological polar surface area (TPSA) is 45.2 Å². The van der Waals surface area contributed by atoms with Gasteiger partial charge in [0.2, 0.25) is 7.59 Å². The molecule has 0 aliphatic carbocycles. The van der Waals surface area contributed by atoms with Crippen molar-refractivity contribution < 1.29 is 14.3 Å². The summed E-state index contributed by atoms with van der Waals surface area (Å²) in [5.41, 5.74) is 2.11. The van der Waals surface area contributed by atoms with Gasteiger partial charge in [0.05, 0.1) is 13.2 Å². The molecule has 3 rings (SSSR count). The van der Waals surface area contributed by atoms with E-state index >= 15 is 0 Å². The van der Waals surface area contributed by atoms with Gasteiger partial charge in [0.25, 0.3) is 0 Å². The predicted octanol–water partition coefficient (Wildman–Crippen LogP) is 5.93. The van der Waals surface area contributed by atoms with Gasteiger partial charge in [-0.2, -0.15) is 0 Å². The second-order valence-corrected chi connectivity index (χ2v) is 13.1. The number of nitrogens with zero attached hydrogens (tertiary/aromatic N) is 3. The Hall–Kier alpha value is 0.240. The maximum Gasteiger partial charge on any atom is 0.410 e. The third-order valence-corrected chi connectivity index (χ3v) is 7.11. The summed E-state index contributed by atoms with van der Waals surface area (Å²) in [6, 6.07) is 5.94. The zero-order chi connectivity index (χ0) is 24.4. The van der Waals surface area contributed by atoms with E-state index in [0.717, 1.165) is 24.3 Å². The summed E-state index contributed by atoms with van der Waals surface area (Å²) >= 11 is 41.6. The van der Waals surface area contributed by atoms with E-state index in [0.29, 0.717) is 44.4 Å². The summed E-state index contributed by atoms with van der Waals surface area (Å²) in [5, 5.41) is 0.710. The normalized spacial score (nSPS) is 20.9. The number of carbonyl (C=O) groups excluding carboxylic acids is 1. The lowest BCUT2D eigenvalue weighted by molar-refractivity contribution is 0.0281. The van der Waals surface area contributed by atoms with Crippen LogP contribution in [0.15, 0.2) is 18.2 Å². The molecule has 186 valence electrons. The summed E-state index contributed by atoms with van der Waals surface area (Å²) in [4.78, 5) is 18.7. The van der Waals surface area contributed by atoms with Crippen molar-refractivity contribution in [2.75, 3.05) is 50.8 Å². The fourth-order valence-corrected chi connectivity index (χ4v) is 5.85. The Morgan fingerprint density at radius 3 is 2.27 bits per heavy atom. The SMILES string of the molecule is C[C@H]1CN(Cc2ccc(N3CCOCC3)cc2Cl)CCN1C(=O)OC(C(Cl)(Cl)Cl)C(Cl)(Cl)Cl. The van der Waals surface area contributed by atoms with Crippen LogP contribution in [0.5, 0.6) is 0 Å². The Morgan fingerprint density at radius 1 is 1.09 bits per heavy atom. The highest BCUT2D eigenvalue weighted by Gasteiger charge is 2.50. The van der Waals surface area contributed by atoms with Crippen LogP contribution in [-0.2, 0) is 16.0 Å². The summed E-state index contributed by atoms with van der Waals surface area (Å²) in [7, 11) is 0. The number of piperazine rings is 1. The van der Waals surface area contributed by atoms with E-state index in [1.54, 1.807) is 0 Å². The number of anilines is 1. The molecule has 6 nitrogen and oxygen atoms in total. The maximum atomic E-state index is 12.7. The molecule has 0 spiro atoms. The number of halogens is 7. The average Bonchev–Trinajstić information content (AvgIpc) is 2.72. The minimum Gasteiger partial charge on any atom is -0.437 e. The van der Waals surface area contributed by atoms with Crippen molar-refractivity contribution in [1.82, 2.24) is 9.80 Å². The van der Waals surface area contributed by atoms with Crippen molar-refractivity contribution in [3.8, 4) is 0 Å². The zero-order valence-electron chi connectivity index (χ0n) is 17.8. The first-order valence-corrected chi connectivity index (χ1v) is 12.9. The van der Waals surface area contributed by atoms with E-state index in [9.17, 15) is 4.79 Å². The van der Waals surface area contributed by atoms with Crippen LogP contribution in [0.25, 0.3) is 0 Å². The minimum atomic E-state index is -2.10. The predicted molar refractivity (Wildman–Crippen MR) is 137 cm³/mol. The molecule has 1 aromatic rings. The van der Waals surface area contributed by atoms with Gasteiger partial charge < -0.3 is 19.3 Å². The van der Waals surface area contributed by atoms with E-state index in [1.807, 2.05) is 19.1 Å². The lowest BCUT2D eigenvalue weighted by Gasteiger charge is -2.40. The van der Waals surface area contributed by atoms with Crippen LogP contribution in [0.1, 0.15) is 12.5 Å². The standard InChI is InChI=1S/C20H24Cl7N3O3/c1-13-11-28(4-5-30(13)18(31)33-17(19(22,23)24)20(25,26)27)12-14-2-3-15(10-16(14)21)29-6-8-32-9-7-29/h2-3,10,13,17H,4-9,11-12H2,1H3/t13-/m0/s1. The molecule has 13 heteroatoms. The lowest BCUT2D eigenvalue weighted by Crippen LogP contribution is -2.55. The Bertz CT molecular complexity index is 814. The molecule has 0 radical (unpaired) electrons. The van der Waals surface area contributed by atoms with Crippen molar-refractivity contribution >= 4 is 93.0 Å². The number of hydrogen-bond acceptors (Lipinski definition) is 5. The van der Waals surface area contributed by atoms with Gasteiger partial charge in [-0.25, -0.2) is 4.79 Å². The number of hydrogen-bond donors (Lipinski definition) is 0. The summed E-state index contributed by atoms with van der Waals surface area (Å²) in [6.45, 7) is 7.29. The van der Waals surface area contributed by atoms with Crippen molar-refractivity contribution in [3.05, 3.63) is 28.8 Å². The number of rotatable bonds is 4. The van der Waals surface area contributed by atoms with E-state index in [2.05, 4.69) is 15.9 Å². The quantitative estimate of drug-likeness (QED) is 0.400. The molecule has 2 heterocycles. The highest BCUT2D eigenvalue weighted by molar-refractivity contribution is 6.73. The molecule has 0 aromatic heterocycles. The summed E-state index contributed by atoms with van der Waals surface area (Å²) < 4.78 is 6.48. The number of amides is 1. The molecular weight excluding hydrogens is 578 g/mol. The third-order valence-electron chi connectivity index (χ3n) is 5.57. The van der Waals surface area contributed by atoms with Gasteiger partial charge in [-0.3, -0.25) is 4.90 Å². The van der Waals surface area contributed by atoms with Crippen LogP contribution in [0.2, 0.25) is 5.02 Å². The van der Waals surface area contributed by atoms with E-state index in [4.69, 9.17) is 90.7 Å². The Balaban J connectivity index is 1.58. The average molecular weight is 603 g/mol. The van der Waals surface area contributed by atoms with Gasteiger partial charge in [-0.05, 0) is 24.6 Å². The van der Waals surface area contributed by atoms with Crippen LogP contribution in [0.3, 0.4) is 0 Å². The van der Waals surface area contributed by atoms with Crippen molar-refractivity contribution in [3.63, 3.8) is 0 Å². The van der Waals surface area contributed by atoms with Gasteiger partial charge in [0.15, 0.2) is 6.10 Å². The second-order valence-electron chi connectivity index (χ2n) is 8.00. The van der Waals surface area contributed by atoms with Crippen LogP contribution < -0.4 is 4.90 Å². The molecule has 0 bridgehead atoms. The van der Waals surface area contributed by atoms with Gasteiger partial charge >= 0.3 is 6.09 Å². The third kappa shape index (κ3) is 7.61. The number of ether oxygens (including phenoxy) is 2. The fourth-order valence-electron chi connectivity index (χ4n) is 3.86. The van der Waals surface area contributed by atoms with Gasteiger partial charge in [-0.1, -0.05) is 87.3 Å². The molecule has 1 atom stereocenters. The number of benzene rings is 1. The van der Waals surface area contributed by atoms with Gasteiger partial charge in [0, 0.05) is 56.0 Å². The molecule has 2 fully saturated rings. The molecule has 1 aromatic carbocycles. The molecule has 1 amide bonds. The highest BCUT2D eigenvalue weighted by atomic mass is 35.6. The first-order chi connectivity index (χ1) is 15.4. The zero-order valence-corrected chi connectivity index (χ0v) is 23.0. The van der Waals surface area contributed by atoms with Crippen molar-refractivity contribution in [2.24, 2.45) is 0 Å². The number of carbonyl (C=O) groups is 1. The van der Waals surface area contributed by atoms with E-state index in [1.165, 1.54) is 4.90 Å². The Labute approximate surface area is 228 Å². The van der Waals surface area contributed by atoms with Crippen LogP contribution in [0.4, 0.5) is 10.5 Å². The van der Waals surface area contributed by atoms with Crippen LogP contribution >= 0.6 is 81.2 Å². The first kappa shape index (κ1) is 27.8. The van der Waals surface area contributed by atoms with Gasteiger partial charge in [-0.15, -0.1) is 0 Å². The molecular formula is C20H24Cl7N3O3. The van der Waals surface area contributed by atoms with Crippen molar-refractivity contribution in [2.45, 2.75) is 33.2 Å². The molecule has 0 N–H and O–H groups in total. The smallest absolute Gasteiger partial charge is 0.410 e. The van der Waals surface area contributed by atoms with Gasteiger partial charge in [0.1, 0.15) is 0 Å². The second kappa shape index (κ2) is 11.5. The Kier molecular flexibility index (Phi) is 9.72. The number of morpholine rings is 1. The minimum absolute atomic E-state index is 0.177. The molecule has 2 aliphatic heterocycles. The fraction of sp³-hybridized carbons (Fsp3) is 0.650. The number of alkyl halides is 6. The monoisotopic (exact) mass is 599 g/mol. The summed E-state index contributed by atoms with van der Waals surface area (Å²) in [5.74, 6) is 0. The largest absolute Gasteiger partial charge is 0.437 e. The highest BCUT2D eigenvalue weighted by Crippen LogP contribution is 2.45. The molecule has 2 saturated heterocycles.